The summed E-state index contributed by atoms with van der Waals surface area (Å²) in [5, 5.41) is 0. The lowest BCUT2D eigenvalue weighted by Crippen LogP contribution is -2.33. The van der Waals surface area contributed by atoms with Crippen molar-refractivity contribution in [2.75, 3.05) is 7.05 Å². The van der Waals surface area contributed by atoms with E-state index in [0.717, 1.165) is 18.4 Å². The maximum absolute atomic E-state index is 12.8. The van der Waals surface area contributed by atoms with Crippen LogP contribution in [0, 0.1) is 0 Å². The van der Waals surface area contributed by atoms with Gasteiger partial charge in [-0.25, -0.2) is 0 Å². The number of halogens is 3. The third-order valence-electron chi connectivity index (χ3n) is 3.70. The van der Waals surface area contributed by atoms with Crippen LogP contribution >= 0.6 is 0 Å². The monoisotopic (exact) mass is 269 g/mol. The van der Waals surface area contributed by atoms with Gasteiger partial charge in [-0.2, -0.15) is 13.2 Å². The molecule has 2 aliphatic rings. The molecule has 0 saturated carbocycles. The van der Waals surface area contributed by atoms with E-state index in [1.165, 1.54) is 18.7 Å². The first-order valence-corrected chi connectivity index (χ1v) is 6.36. The van der Waals surface area contributed by atoms with Gasteiger partial charge >= 0.3 is 6.18 Å². The Kier molecular flexibility index (Phi) is 3.61. The van der Waals surface area contributed by atoms with E-state index in [0.29, 0.717) is 5.57 Å². The molecule has 0 bridgehead atoms. The van der Waals surface area contributed by atoms with Crippen molar-refractivity contribution >= 4 is 0 Å². The number of hydrogen-bond donors (Lipinski definition) is 0. The fourth-order valence-corrected chi connectivity index (χ4v) is 2.58. The molecule has 0 saturated heterocycles. The molecule has 0 aromatic heterocycles. The molecule has 1 unspecified atom stereocenters. The van der Waals surface area contributed by atoms with Gasteiger partial charge in [0.1, 0.15) is 0 Å². The van der Waals surface area contributed by atoms with E-state index in [1.807, 2.05) is 6.08 Å². The van der Waals surface area contributed by atoms with Crippen molar-refractivity contribution in [3.63, 3.8) is 0 Å². The van der Waals surface area contributed by atoms with Gasteiger partial charge in [-0.1, -0.05) is 23.8 Å². The molecule has 0 radical (unpaired) electrons. The van der Waals surface area contributed by atoms with Crippen LogP contribution in [0.25, 0.3) is 0 Å². The van der Waals surface area contributed by atoms with E-state index >= 15 is 0 Å². The molecule has 2 rings (SSSR count). The number of nitrogens with zero attached hydrogens (tertiary/aromatic N) is 1. The molecule has 1 aliphatic carbocycles. The average molecular weight is 269 g/mol. The van der Waals surface area contributed by atoms with Crippen LogP contribution in [-0.4, -0.2) is 24.2 Å². The topological polar surface area (TPSA) is 3.24 Å². The second kappa shape index (κ2) is 4.91. The van der Waals surface area contributed by atoms with Crippen LogP contribution in [0.1, 0.15) is 26.7 Å². The van der Waals surface area contributed by atoms with E-state index < -0.39 is 11.7 Å². The van der Waals surface area contributed by atoms with Gasteiger partial charge in [0, 0.05) is 13.2 Å². The maximum atomic E-state index is 12.8. The lowest BCUT2D eigenvalue weighted by Gasteiger charge is -2.33. The Morgan fingerprint density at radius 3 is 2.53 bits per heavy atom. The van der Waals surface area contributed by atoms with Crippen LogP contribution in [0.4, 0.5) is 13.2 Å². The molecule has 1 nitrogen and oxygen atoms in total. The van der Waals surface area contributed by atoms with Crippen molar-refractivity contribution in [2.45, 2.75) is 38.9 Å². The summed E-state index contributed by atoms with van der Waals surface area (Å²) >= 11 is 0. The predicted octanol–water partition coefficient (Wildman–Crippen LogP) is 4.36. The van der Waals surface area contributed by atoms with Gasteiger partial charge < -0.3 is 4.90 Å². The molecule has 0 aromatic carbocycles. The number of alkyl halides is 3. The van der Waals surface area contributed by atoms with Gasteiger partial charge in [0.15, 0.2) is 0 Å². The number of rotatable bonds is 1. The van der Waals surface area contributed by atoms with E-state index in [1.54, 1.807) is 18.0 Å². The molecule has 0 fully saturated rings. The smallest absolute Gasteiger partial charge is 0.369 e. The van der Waals surface area contributed by atoms with Crippen molar-refractivity contribution in [3.05, 3.63) is 46.7 Å². The highest BCUT2D eigenvalue weighted by atomic mass is 19.4. The fraction of sp³-hybridized carbons (Fsp3) is 0.467. The molecule has 4 heteroatoms. The summed E-state index contributed by atoms with van der Waals surface area (Å²) in [4.78, 5) is 1.64. The summed E-state index contributed by atoms with van der Waals surface area (Å²) < 4.78 is 38.5. The van der Waals surface area contributed by atoms with Crippen LogP contribution in [0.2, 0.25) is 0 Å². The molecule has 0 aromatic rings. The van der Waals surface area contributed by atoms with Crippen molar-refractivity contribution < 1.29 is 13.2 Å². The van der Waals surface area contributed by atoms with Gasteiger partial charge in [0.2, 0.25) is 0 Å². The minimum absolute atomic E-state index is 0.0948. The molecule has 19 heavy (non-hydrogen) atoms. The molecule has 0 amide bonds. The molecule has 1 atom stereocenters. The zero-order valence-electron chi connectivity index (χ0n) is 11.4. The molecule has 1 aliphatic heterocycles. The van der Waals surface area contributed by atoms with Gasteiger partial charge in [-0.3, -0.25) is 0 Å². The van der Waals surface area contributed by atoms with Gasteiger partial charge in [0.25, 0.3) is 0 Å². The quantitative estimate of drug-likeness (QED) is 0.683. The molecule has 0 spiro atoms. The third kappa shape index (κ3) is 2.77. The largest absolute Gasteiger partial charge is 0.418 e. The zero-order valence-corrected chi connectivity index (χ0v) is 11.4. The summed E-state index contributed by atoms with van der Waals surface area (Å²) in [5.74, 6) is 0. The Hall–Kier alpha value is -1.45. The van der Waals surface area contributed by atoms with E-state index in [-0.39, 0.29) is 6.04 Å². The van der Waals surface area contributed by atoms with E-state index in [2.05, 4.69) is 13.0 Å². The summed E-state index contributed by atoms with van der Waals surface area (Å²) in [7, 11) is 1.70. The minimum Gasteiger partial charge on any atom is -0.369 e. The standard InChI is InChI=1S/C15H18F3N/c1-10-6-4-5-7-12(10)14-8-11(2)13(9-19(14)3)15(16,17)18/h5,7-9,14H,4,6H2,1-3H3. The zero-order chi connectivity index (χ0) is 14.2. The highest BCUT2D eigenvalue weighted by Crippen LogP contribution is 2.36. The summed E-state index contributed by atoms with van der Waals surface area (Å²) in [5.41, 5.74) is 2.12. The maximum Gasteiger partial charge on any atom is 0.418 e. The van der Waals surface area contributed by atoms with E-state index in [9.17, 15) is 13.2 Å². The van der Waals surface area contributed by atoms with Crippen LogP contribution in [-0.2, 0) is 0 Å². The Bertz CT molecular complexity index is 492. The Morgan fingerprint density at radius 1 is 1.26 bits per heavy atom. The Morgan fingerprint density at radius 2 is 1.95 bits per heavy atom. The lowest BCUT2D eigenvalue weighted by atomic mass is 9.89. The second-order valence-corrected chi connectivity index (χ2v) is 5.18. The van der Waals surface area contributed by atoms with Crippen molar-refractivity contribution in [1.29, 1.82) is 0 Å². The minimum atomic E-state index is -4.29. The summed E-state index contributed by atoms with van der Waals surface area (Å²) in [6.07, 6.45) is 4.75. The molecule has 1 heterocycles. The van der Waals surface area contributed by atoms with Crippen LogP contribution < -0.4 is 0 Å². The predicted molar refractivity (Wildman–Crippen MR) is 70.5 cm³/mol. The van der Waals surface area contributed by atoms with Crippen LogP contribution in [0.3, 0.4) is 0 Å². The average Bonchev–Trinajstić information content (AvgIpc) is 2.31. The number of likely N-dealkylation sites (N-methyl/N-ethyl adjacent to an activating group) is 1. The SMILES string of the molecule is CC1=CC(C2=C(C)CCC=C2)N(C)C=C1C(F)(F)F. The van der Waals surface area contributed by atoms with Gasteiger partial charge in [-0.05, 0) is 37.8 Å². The first-order chi connectivity index (χ1) is 8.80. The molecule has 0 N–H and O–H groups in total. The van der Waals surface area contributed by atoms with E-state index in [4.69, 9.17) is 0 Å². The highest BCUT2D eigenvalue weighted by Gasteiger charge is 2.37. The van der Waals surface area contributed by atoms with Crippen molar-refractivity contribution in [2.24, 2.45) is 0 Å². The Labute approximate surface area is 111 Å². The van der Waals surface area contributed by atoms with Gasteiger partial charge in [-0.15, -0.1) is 0 Å². The Balaban J connectivity index is 2.34. The molecule has 104 valence electrons. The number of allylic oxidation sites excluding steroid dienone is 4. The van der Waals surface area contributed by atoms with Crippen molar-refractivity contribution in [1.82, 2.24) is 4.90 Å². The first-order valence-electron chi connectivity index (χ1n) is 6.36. The van der Waals surface area contributed by atoms with Crippen LogP contribution in [0.5, 0.6) is 0 Å². The fourth-order valence-electron chi connectivity index (χ4n) is 2.58. The number of hydrogen-bond acceptors (Lipinski definition) is 1. The summed E-state index contributed by atoms with van der Waals surface area (Å²) in [6, 6.07) is -0.0948. The lowest BCUT2D eigenvalue weighted by molar-refractivity contribution is -0.0908. The molecular weight excluding hydrogens is 251 g/mol. The normalized spacial score (nSPS) is 24.5. The third-order valence-corrected chi connectivity index (χ3v) is 3.70. The summed E-state index contributed by atoms with van der Waals surface area (Å²) in [6.45, 7) is 3.58. The van der Waals surface area contributed by atoms with Crippen LogP contribution in [0.15, 0.2) is 46.7 Å². The highest BCUT2D eigenvalue weighted by molar-refractivity contribution is 5.44. The van der Waals surface area contributed by atoms with Gasteiger partial charge in [0.05, 0.1) is 11.6 Å². The molecular formula is C15H18F3N. The van der Waals surface area contributed by atoms with Crippen molar-refractivity contribution in [3.8, 4) is 0 Å². The first kappa shape index (κ1) is 14.0. The second-order valence-electron chi connectivity index (χ2n) is 5.18.